The number of benzene rings is 2. The Morgan fingerprint density at radius 3 is 2.34 bits per heavy atom. The van der Waals surface area contributed by atoms with Gasteiger partial charge in [-0.2, -0.15) is 0 Å². The number of aryl methyl sites for hydroxylation is 1. The standard InChI is InChI=1S/C22H26N2O4S/c1-5-14(2)24-29(26,27)18-12-10-17(11-13-18)22(25)23-16(4)21-15(3)19-8-6-7-9-20(19)28-21/h6-14,16,24H,5H2,1-4H3,(H,23,25). The van der Waals surface area contributed by atoms with Gasteiger partial charge in [0.1, 0.15) is 11.3 Å². The predicted molar refractivity (Wildman–Crippen MR) is 113 cm³/mol. The van der Waals surface area contributed by atoms with Crippen molar-refractivity contribution < 1.29 is 17.6 Å². The Labute approximate surface area is 171 Å². The van der Waals surface area contributed by atoms with E-state index in [1.54, 1.807) is 6.92 Å². The van der Waals surface area contributed by atoms with Crippen LogP contribution in [0.4, 0.5) is 0 Å². The molecule has 0 radical (unpaired) electrons. The number of carbonyl (C=O) groups excluding carboxylic acids is 1. The Morgan fingerprint density at radius 2 is 1.72 bits per heavy atom. The van der Waals surface area contributed by atoms with Gasteiger partial charge in [-0.15, -0.1) is 0 Å². The second kappa shape index (κ2) is 8.39. The molecule has 7 heteroatoms. The van der Waals surface area contributed by atoms with E-state index in [1.807, 2.05) is 45.0 Å². The quantitative estimate of drug-likeness (QED) is 0.603. The number of sulfonamides is 1. The van der Waals surface area contributed by atoms with Crippen molar-refractivity contribution in [2.45, 2.75) is 51.1 Å². The topological polar surface area (TPSA) is 88.4 Å². The highest BCUT2D eigenvalue weighted by molar-refractivity contribution is 7.89. The maximum atomic E-state index is 12.6. The molecule has 3 aromatic rings. The first-order valence-electron chi connectivity index (χ1n) is 9.64. The summed E-state index contributed by atoms with van der Waals surface area (Å²) < 4.78 is 33.2. The molecule has 29 heavy (non-hydrogen) atoms. The molecule has 0 fully saturated rings. The van der Waals surface area contributed by atoms with E-state index in [4.69, 9.17) is 4.42 Å². The highest BCUT2D eigenvalue weighted by atomic mass is 32.2. The van der Waals surface area contributed by atoms with Gasteiger partial charge in [-0.25, -0.2) is 13.1 Å². The summed E-state index contributed by atoms with van der Waals surface area (Å²) in [7, 11) is -3.60. The number of para-hydroxylation sites is 1. The first-order chi connectivity index (χ1) is 13.7. The van der Waals surface area contributed by atoms with Gasteiger partial charge in [0.15, 0.2) is 0 Å². The van der Waals surface area contributed by atoms with Gasteiger partial charge in [-0.05, 0) is 57.5 Å². The molecule has 0 aliphatic rings. The monoisotopic (exact) mass is 414 g/mol. The zero-order chi connectivity index (χ0) is 21.2. The van der Waals surface area contributed by atoms with Crippen molar-refractivity contribution in [1.29, 1.82) is 0 Å². The fraction of sp³-hybridized carbons (Fsp3) is 0.318. The third kappa shape index (κ3) is 4.52. The summed E-state index contributed by atoms with van der Waals surface area (Å²) in [6.07, 6.45) is 0.693. The van der Waals surface area contributed by atoms with Crippen molar-refractivity contribution in [3.05, 3.63) is 65.4 Å². The number of carbonyl (C=O) groups is 1. The number of rotatable bonds is 7. The van der Waals surface area contributed by atoms with Crippen LogP contribution in [0.1, 0.15) is 54.9 Å². The van der Waals surface area contributed by atoms with Crippen LogP contribution in [0.15, 0.2) is 57.8 Å². The minimum absolute atomic E-state index is 0.135. The predicted octanol–water partition coefficient (Wildman–Crippen LogP) is 4.31. The molecule has 2 N–H and O–H groups in total. The van der Waals surface area contributed by atoms with E-state index < -0.39 is 10.0 Å². The van der Waals surface area contributed by atoms with Gasteiger partial charge in [0.2, 0.25) is 10.0 Å². The molecule has 0 aliphatic heterocycles. The van der Waals surface area contributed by atoms with Crippen LogP contribution >= 0.6 is 0 Å². The highest BCUT2D eigenvalue weighted by Gasteiger charge is 2.20. The minimum atomic E-state index is -3.60. The number of nitrogens with one attached hydrogen (secondary N) is 2. The third-order valence-corrected chi connectivity index (χ3v) is 6.62. The van der Waals surface area contributed by atoms with Crippen LogP contribution in [0, 0.1) is 6.92 Å². The summed E-state index contributed by atoms with van der Waals surface area (Å²) in [4.78, 5) is 12.8. The average Bonchev–Trinajstić information content (AvgIpc) is 3.04. The molecule has 2 atom stereocenters. The maximum Gasteiger partial charge on any atom is 0.251 e. The maximum absolute atomic E-state index is 12.6. The molecular weight excluding hydrogens is 388 g/mol. The number of hydrogen-bond donors (Lipinski definition) is 2. The lowest BCUT2D eigenvalue weighted by Gasteiger charge is -2.14. The zero-order valence-electron chi connectivity index (χ0n) is 17.0. The Kier molecular flexibility index (Phi) is 6.10. The molecule has 0 saturated carbocycles. The van der Waals surface area contributed by atoms with Gasteiger partial charge < -0.3 is 9.73 Å². The fourth-order valence-electron chi connectivity index (χ4n) is 3.15. The number of hydrogen-bond acceptors (Lipinski definition) is 4. The van der Waals surface area contributed by atoms with Crippen LogP contribution in [0.5, 0.6) is 0 Å². The van der Waals surface area contributed by atoms with Gasteiger partial charge in [-0.3, -0.25) is 4.79 Å². The van der Waals surface area contributed by atoms with Gasteiger partial charge >= 0.3 is 0 Å². The summed E-state index contributed by atoms with van der Waals surface area (Å²) in [6.45, 7) is 7.54. The number of amides is 1. The van der Waals surface area contributed by atoms with Crippen molar-refractivity contribution >= 4 is 26.9 Å². The Bertz CT molecular complexity index is 1120. The fourth-order valence-corrected chi connectivity index (χ4v) is 4.48. The summed E-state index contributed by atoms with van der Waals surface area (Å²) in [6, 6.07) is 13.2. The molecule has 2 unspecified atom stereocenters. The second-order valence-corrected chi connectivity index (χ2v) is 8.95. The van der Waals surface area contributed by atoms with E-state index in [0.717, 1.165) is 16.5 Å². The minimum Gasteiger partial charge on any atom is -0.459 e. The van der Waals surface area contributed by atoms with E-state index in [2.05, 4.69) is 10.0 Å². The summed E-state index contributed by atoms with van der Waals surface area (Å²) in [5.41, 5.74) is 2.16. The Morgan fingerprint density at radius 1 is 1.07 bits per heavy atom. The summed E-state index contributed by atoms with van der Waals surface area (Å²) in [5.74, 6) is 0.410. The van der Waals surface area contributed by atoms with E-state index in [-0.39, 0.29) is 22.9 Å². The van der Waals surface area contributed by atoms with E-state index in [1.165, 1.54) is 24.3 Å². The zero-order valence-corrected chi connectivity index (χ0v) is 17.8. The molecule has 0 spiro atoms. The SMILES string of the molecule is CCC(C)NS(=O)(=O)c1ccc(C(=O)NC(C)c2oc3ccccc3c2C)cc1. The van der Waals surface area contributed by atoms with Crippen molar-refractivity contribution in [3.8, 4) is 0 Å². The molecule has 154 valence electrons. The molecule has 3 rings (SSSR count). The molecular formula is C22H26N2O4S. The van der Waals surface area contributed by atoms with Crippen molar-refractivity contribution in [2.75, 3.05) is 0 Å². The molecule has 6 nitrogen and oxygen atoms in total. The summed E-state index contributed by atoms with van der Waals surface area (Å²) in [5, 5.41) is 3.94. The van der Waals surface area contributed by atoms with Crippen molar-refractivity contribution in [2.24, 2.45) is 0 Å². The van der Waals surface area contributed by atoms with Crippen molar-refractivity contribution in [3.63, 3.8) is 0 Å². The molecule has 1 amide bonds. The number of fused-ring (bicyclic) bond motifs is 1. The van der Waals surface area contributed by atoms with Crippen LogP contribution in [0.2, 0.25) is 0 Å². The normalized spacial score (nSPS) is 13.9. The molecule has 0 saturated heterocycles. The third-order valence-electron chi connectivity index (χ3n) is 5.02. The molecule has 1 heterocycles. The average molecular weight is 415 g/mol. The van der Waals surface area contributed by atoms with Gasteiger partial charge in [0.05, 0.1) is 10.9 Å². The lowest BCUT2D eigenvalue weighted by atomic mass is 10.1. The Balaban J connectivity index is 1.74. The first kappa shape index (κ1) is 21.1. The molecule has 0 bridgehead atoms. The van der Waals surface area contributed by atoms with E-state index >= 15 is 0 Å². The smallest absolute Gasteiger partial charge is 0.251 e. The van der Waals surface area contributed by atoms with Crippen LogP contribution < -0.4 is 10.0 Å². The van der Waals surface area contributed by atoms with Crippen LogP contribution in [-0.2, 0) is 10.0 Å². The largest absolute Gasteiger partial charge is 0.459 e. The van der Waals surface area contributed by atoms with E-state index in [0.29, 0.717) is 17.7 Å². The second-order valence-electron chi connectivity index (χ2n) is 7.24. The summed E-state index contributed by atoms with van der Waals surface area (Å²) >= 11 is 0. The van der Waals surface area contributed by atoms with E-state index in [9.17, 15) is 13.2 Å². The lowest BCUT2D eigenvalue weighted by molar-refractivity contribution is 0.0935. The Hall–Kier alpha value is -2.64. The van der Waals surface area contributed by atoms with Crippen LogP contribution in [0.3, 0.4) is 0 Å². The lowest BCUT2D eigenvalue weighted by Crippen LogP contribution is -2.32. The molecule has 1 aromatic heterocycles. The number of furan rings is 1. The molecule has 0 aliphatic carbocycles. The molecule has 2 aromatic carbocycles. The first-order valence-corrected chi connectivity index (χ1v) is 11.1. The van der Waals surface area contributed by atoms with Gasteiger partial charge in [-0.1, -0.05) is 25.1 Å². The highest BCUT2D eigenvalue weighted by Crippen LogP contribution is 2.29. The van der Waals surface area contributed by atoms with Gasteiger partial charge in [0, 0.05) is 22.6 Å². The van der Waals surface area contributed by atoms with Gasteiger partial charge in [0.25, 0.3) is 5.91 Å². The van der Waals surface area contributed by atoms with Crippen LogP contribution in [0.25, 0.3) is 11.0 Å². The van der Waals surface area contributed by atoms with Crippen LogP contribution in [-0.4, -0.2) is 20.4 Å². The van der Waals surface area contributed by atoms with Crippen molar-refractivity contribution in [1.82, 2.24) is 10.0 Å².